The summed E-state index contributed by atoms with van der Waals surface area (Å²) in [6, 6.07) is 17.5. The summed E-state index contributed by atoms with van der Waals surface area (Å²) in [5, 5.41) is 8.88. The van der Waals surface area contributed by atoms with Crippen molar-refractivity contribution in [1.29, 1.82) is 5.26 Å². The molecule has 0 N–H and O–H groups in total. The van der Waals surface area contributed by atoms with Crippen molar-refractivity contribution in [2.24, 2.45) is 5.92 Å². The minimum Gasteiger partial charge on any atom is -0.334 e. The van der Waals surface area contributed by atoms with Crippen molar-refractivity contribution in [2.45, 2.75) is 37.2 Å². The van der Waals surface area contributed by atoms with Crippen LogP contribution in [0.15, 0.2) is 59.5 Å². The molecule has 3 rings (SSSR count). The summed E-state index contributed by atoms with van der Waals surface area (Å²) in [6.07, 6.45) is 2.19. The third-order valence-corrected chi connectivity index (χ3v) is 7.18. The Morgan fingerprint density at radius 1 is 1.14 bits per heavy atom. The molecule has 2 aromatic carbocycles. The lowest BCUT2D eigenvalue weighted by molar-refractivity contribution is -0.134. The molecule has 7 heteroatoms. The number of rotatable bonds is 8. The Morgan fingerprint density at radius 2 is 1.76 bits per heavy atom. The van der Waals surface area contributed by atoms with Crippen LogP contribution in [-0.4, -0.2) is 43.2 Å². The molecule has 1 saturated carbocycles. The summed E-state index contributed by atoms with van der Waals surface area (Å²) >= 11 is 0. The summed E-state index contributed by atoms with van der Waals surface area (Å²) in [6.45, 7) is 2.27. The van der Waals surface area contributed by atoms with Gasteiger partial charge in [0.15, 0.2) is 0 Å². The highest BCUT2D eigenvalue weighted by molar-refractivity contribution is 7.89. The van der Waals surface area contributed by atoms with Crippen molar-refractivity contribution in [2.75, 3.05) is 13.6 Å². The van der Waals surface area contributed by atoms with Gasteiger partial charge in [-0.3, -0.25) is 4.79 Å². The average molecular weight is 412 g/mol. The van der Waals surface area contributed by atoms with Gasteiger partial charge in [0, 0.05) is 19.6 Å². The molecule has 6 nitrogen and oxygen atoms in total. The van der Waals surface area contributed by atoms with Crippen molar-refractivity contribution >= 4 is 15.9 Å². The first-order valence-electron chi connectivity index (χ1n) is 9.63. The summed E-state index contributed by atoms with van der Waals surface area (Å²) in [5.41, 5.74) is 1.40. The highest BCUT2D eigenvalue weighted by atomic mass is 32.2. The lowest BCUT2D eigenvalue weighted by Gasteiger charge is -2.31. The van der Waals surface area contributed by atoms with E-state index in [1.807, 2.05) is 43.3 Å². The smallest absolute Gasteiger partial charge is 0.243 e. The number of nitriles is 1. The molecule has 29 heavy (non-hydrogen) atoms. The van der Waals surface area contributed by atoms with E-state index in [9.17, 15) is 13.2 Å². The van der Waals surface area contributed by atoms with E-state index in [-0.39, 0.29) is 23.4 Å². The number of carbonyl (C=O) groups excluding carboxylic acids is 1. The number of hydrogen-bond acceptors (Lipinski definition) is 4. The molecule has 152 valence electrons. The van der Waals surface area contributed by atoms with Gasteiger partial charge in [0.25, 0.3) is 0 Å². The zero-order chi connectivity index (χ0) is 21.0. The van der Waals surface area contributed by atoms with Crippen LogP contribution in [0, 0.1) is 17.2 Å². The fraction of sp³-hybridized carbons (Fsp3) is 0.364. The summed E-state index contributed by atoms with van der Waals surface area (Å²) in [4.78, 5) is 14.9. The standard InChI is InChI=1S/C22H25N3O3S/c1-17(20-10-11-20)25(15-19-6-4-3-5-7-19)22(26)16-24(2)29(27,28)21-12-8-18(14-23)9-13-21/h3-9,12-13,17,20H,10-11,15-16H2,1-2H3. The van der Waals surface area contributed by atoms with E-state index < -0.39 is 10.0 Å². The molecule has 0 radical (unpaired) electrons. The Morgan fingerprint density at radius 3 is 2.31 bits per heavy atom. The lowest BCUT2D eigenvalue weighted by Crippen LogP contribution is -2.45. The maximum absolute atomic E-state index is 13.1. The maximum atomic E-state index is 13.1. The quantitative estimate of drug-likeness (QED) is 0.669. The van der Waals surface area contributed by atoms with Crippen LogP contribution >= 0.6 is 0 Å². The van der Waals surface area contributed by atoms with Crippen LogP contribution in [0.25, 0.3) is 0 Å². The first-order chi connectivity index (χ1) is 13.8. The first kappa shape index (κ1) is 21.0. The van der Waals surface area contributed by atoms with Gasteiger partial charge in [-0.1, -0.05) is 30.3 Å². The average Bonchev–Trinajstić information content (AvgIpc) is 3.57. The van der Waals surface area contributed by atoms with Crippen LogP contribution in [0.3, 0.4) is 0 Å². The van der Waals surface area contributed by atoms with Gasteiger partial charge in [-0.15, -0.1) is 0 Å². The molecule has 1 atom stereocenters. The molecule has 1 aliphatic rings. The SMILES string of the molecule is CC(C1CC1)N(Cc1ccccc1)C(=O)CN(C)S(=O)(=O)c1ccc(C#N)cc1. The molecule has 0 spiro atoms. The second-order valence-electron chi connectivity index (χ2n) is 7.48. The van der Waals surface area contributed by atoms with Gasteiger partial charge in [0.2, 0.25) is 15.9 Å². The van der Waals surface area contributed by atoms with Crippen LogP contribution < -0.4 is 0 Å². The van der Waals surface area contributed by atoms with Crippen molar-refractivity contribution in [3.05, 3.63) is 65.7 Å². The van der Waals surface area contributed by atoms with Crippen molar-refractivity contribution in [1.82, 2.24) is 9.21 Å². The van der Waals surface area contributed by atoms with E-state index in [4.69, 9.17) is 5.26 Å². The minimum absolute atomic E-state index is 0.0636. The number of likely N-dealkylation sites (N-methyl/N-ethyl adjacent to an activating group) is 1. The van der Waals surface area contributed by atoms with Gasteiger partial charge in [0.05, 0.1) is 23.1 Å². The normalized spacial score (nSPS) is 15.0. The van der Waals surface area contributed by atoms with Crippen LogP contribution in [0.1, 0.15) is 30.9 Å². The predicted molar refractivity (Wildman–Crippen MR) is 110 cm³/mol. The molecule has 0 aromatic heterocycles. The fourth-order valence-corrected chi connectivity index (χ4v) is 4.44. The zero-order valence-electron chi connectivity index (χ0n) is 16.7. The van der Waals surface area contributed by atoms with Gasteiger partial charge < -0.3 is 4.90 Å². The number of sulfonamides is 1. The van der Waals surface area contributed by atoms with E-state index >= 15 is 0 Å². The summed E-state index contributed by atoms with van der Waals surface area (Å²) in [7, 11) is -2.41. The fourth-order valence-electron chi connectivity index (χ4n) is 3.32. The third kappa shape index (κ3) is 5.03. The maximum Gasteiger partial charge on any atom is 0.243 e. The Bertz CT molecular complexity index is 994. The van der Waals surface area contributed by atoms with Gasteiger partial charge in [0.1, 0.15) is 0 Å². The van der Waals surface area contributed by atoms with Gasteiger partial charge >= 0.3 is 0 Å². The van der Waals surface area contributed by atoms with Crippen molar-refractivity contribution in [3.63, 3.8) is 0 Å². The van der Waals surface area contributed by atoms with Gasteiger partial charge in [-0.25, -0.2) is 8.42 Å². The second kappa shape index (κ2) is 8.76. The van der Waals surface area contributed by atoms with E-state index in [0.29, 0.717) is 18.0 Å². The second-order valence-corrected chi connectivity index (χ2v) is 9.53. The molecule has 1 amide bonds. The number of nitrogens with zero attached hydrogens (tertiary/aromatic N) is 3. The van der Waals surface area contributed by atoms with Gasteiger partial charge in [-0.05, 0) is 55.5 Å². The molecule has 1 fully saturated rings. The minimum atomic E-state index is -3.82. The van der Waals surface area contributed by atoms with Crippen LogP contribution in [0.2, 0.25) is 0 Å². The molecule has 2 aromatic rings. The topological polar surface area (TPSA) is 81.5 Å². The van der Waals surface area contributed by atoms with E-state index in [0.717, 1.165) is 22.7 Å². The Labute approximate surface area is 172 Å². The predicted octanol–water partition coefficient (Wildman–Crippen LogP) is 3.01. The Balaban J connectivity index is 1.76. The number of hydrogen-bond donors (Lipinski definition) is 0. The molecular weight excluding hydrogens is 386 g/mol. The van der Waals surface area contributed by atoms with E-state index in [1.165, 1.54) is 31.3 Å². The van der Waals surface area contributed by atoms with Crippen molar-refractivity contribution in [3.8, 4) is 6.07 Å². The largest absolute Gasteiger partial charge is 0.334 e. The molecule has 1 aliphatic carbocycles. The number of benzene rings is 2. The van der Waals surface area contributed by atoms with Crippen molar-refractivity contribution < 1.29 is 13.2 Å². The molecule has 1 unspecified atom stereocenters. The highest BCUT2D eigenvalue weighted by Crippen LogP contribution is 2.35. The summed E-state index contributed by atoms with van der Waals surface area (Å²) in [5.74, 6) is 0.260. The third-order valence-electron chi connectivity index (χ3n) is 5.36. The molecule has 0 heterocycles. The monoisotopic (exact) mass is 411 g/mol. The van der Waals surface area contributed by atoms with Crippen LogP contribution in [0.4, 0.5) is 0 Å². The zero-order valence-corrected chi connectivity index (χ0v) is 17.5. The van der Waals surface area contributed by atoms with Crippen LogP contribution in [0.5, 0.6) is 0 Å². The Hall–Kier alpha value is -2.69. The molecular formula is C22H25N3O3S. The molecule has 0 aliphatic heterocycles. The van der Waals surface area contributed by atoms with E-state index in [2.05, 4.69) is 0 Å². The number of carbonyl (C=O) groups is 1. The van der Waals surface area contributed by atoms with Gasteiger partial charge in [-0.2, -0.15) is 9.57 Å². The lowest BCUT2D eigenvalue weighted by atomic mass is 10.1. The Kier molecular flexibility index (Phi) is 6.36. The number of amides is 1. The van der Waals surface area contributed by atoms with Crippen LogP contribution in [-0.2, 0) is 21.4 Å². The first-order valence-corrected chi connectivity index (χ1v) is 11.1. The highest BCUT2D eigenvalue weighted by Gasteiger charge is 2.35. The van der Waals surface area contributed by atoms with E-state index in [1.54, 1.807) is 4.90 Å². The summed E-state index contributed by atoms with van der Waals surface area (Å²) < 4.78 is 26.8. The molecule has 0 saturated heterocycles. The molecule has 0 bridgehead atoms.